The maximum absolute atomic E-state index is 5.52. The fourth-order valence-corrected chi connectivity index (χ4v) is 2.62. The topological polar surface area (TPSA) is 9.23 Å². The lowest BCUT2D eigenvalue weighted by molar-refractivity contribution is 0.406. The van der Waals surface area contributed by atoms with E-state index in [0.29, 0.717) is 5.92 Å². The minimum atomic E-state index is 0.674. The first-order valence-corrected chi connectivity index (χ1v) is 7.20. The molecule has 0 fully saturated rings. The maximum Gasteiger partial charge on any atom is 0.122 e. The summed E-state index contributed by atoms with van der Waals surface area (Å²) in [6.07, 6.45) is 2.26. The number of fused-ring (bicyclic) bond motifs is 1. The second-order valence-corrected chi connectivity index (χ2v) is 5.75. The summed E-state index contributed by atoms with van der Waals surface area (Å²) in [5, 5.41) is 2.57. The molecule has 2 aromatic rings. The number of benzene rings is 2. The Bertz CT molecular complexity index is 548. The van der Waals surface area contributed by atoms with Crippen molar-refractivity contribution in [1.29, 1.82) is 0 Å². The van der Waals surface area contributed by atoms with Gasteiger partial charge in [0.15, 0.2) is 0 Å². The molecule has 0 radical (unpaired) electrons. The van der Waals surface area contributed by atoms with Crippen LogP contribution < -0.4 is 4.74 Å². The number of hydrogen-bond donors (Lipinski definition) is 0. The molecule has 18 heavy (non-hydrogen) atoms. The van der Waals surface area contributed by atoms with Gasteiger partial charge in [-0.2, -0.15) is 0 Å². The second kappa shape index (κ2) is 5.75. The van der Waals surface area contributed by atoms with E-state index in [1.54, 1.807) is 7.11 Å². The van der Waals surface area contributed by atoms with Crippen LogP contribution in [0.2, 0.25) is 0 Å². The Labute approximate surface area is 117 Å². The molecular formula is C16H19BrO. The Kier molecular flexibility index (Phi) is 4.28. The molecule has 96 valence electrons. The predicted molar refractivity (Wildman–Crippen MR) is 81.4 cm³/mol. The average molecular weight is 307 g/mol. The van der Waals surface area contributed by atoms with Crippen molar-refractivity contribution in [3.05, 3.63) is 40.4 Å². The third kappa shape index (κ3) is 2.69. The van der Waals surface area contributed by atoms with E-state index in [1.165, 1.54) is 22.8 Å². The summed E-state index contributed by atoms with van der Waals surface area (Å²) < 4.78 is 6.64. The standard InChI is InChI=1S/C16H19BrO/c1-4-11(2)9-15-14-7-6-13(17)10-12(14)5-8-16(15)18-3/h5-8,10-11H,4,9H2,1-3H3. The second-order valence-electron chi connectivity index (χ2n) is 4.83. The highest BCUT2D eigenvalue weighted by molar-refractivity contribution is 9.10. The molecule has 1 atom stereocenters. The largest absolute Gasteiger partial charge is 0.496 e. The summed E-state index contributed by atoms with van der Waals surface area (Å²) in [6.45, 7) is 4.52. The van der Waals surface area contributed by atoms with Crippen molar-refractivity contribution in [1.82, 2.24) is 0 Å². The van der Waals surface area contributed by atoms with E-state index in [-0.39, 0.29) is 0 Å². The van der Waals surface area contributed by atoms with Crippen molar-refractivity contribution in [2.75, 3.05) is 7.11 Å². The Morgan fingerprint density at radius 1 is 1.22 bits per heavy atom. The lowest BCUT2D eigenvalue weighted by atomic mass is 9.94. The monoisotopic (exact) mass is 306 g/mol. The van der Waals surface area contributed by atoms with Gasteiger partial charge in [0, 0.05) is 10.0 Å². The van der Waals surface area contributed by atoms with E-state index >= 15 is 0 Å². The molecule has 0 amide bonds. The molecule has 0 aliphatic rings. The summed E-state index contributed by atoms with van der Waals surface area (Å²) in [5.41, 5.74) is 1.33. The molecule has 2 aromatic carbocycles. The molecular weight excluding hydrogens is 288 g/mol. The van der Waals surface area contributed by atoms with Crippen molar-refractivity contribution in [2.24, 2.45) is 5.92 Å². The Morgan fingerprint density at radius 3 is 2.67 bits per heavy atom. The van der Waals surface area contributed by atoms with E-state index in [2.05, 4.69) is 60.1 Å². The summed E-state index contributed by atoms with van der Waals surface area (Å²) in [6, 6.07) is 10.6. The van der Waals surface area contributed by atoms with Gasteiger partial charge in [-0.25, -0.2) is 0 Å². The van der Waals surface area contributed by atoms with Crippen molar-refractivity contribution in [3.63, 3.8) is 0 Å². The van der Waals surface area contributed by atoms with Crippen molar-refractivity contribution >= 4 is 26.7 Å². The fraction of sp³-hybridized carbons (Fsp3) is 0.375. The molecule has 1 unspecified atom stereocenters. The van der Waals surface area contributed by atoms with Gasteiger partial charge in [-0.05, 0) is 41.3 Å². The molecule has 2 rings (SSSR count). The number of rotatable bonds is 4. The molecule has 0 aliphatic heterocycles. The van der Waals surface area contributed by atoms with E-state index in [9.17, 15) is 0 Å². The van der Waals surface area contributed by atoms with Crippen molar-refractivity contribution in [3.8, 4) is 5.75 Å². The highest BCUT2D eigenvalue weighted by atomic mass is 79.9. The minimum absolute atomic E-state index is 0.674. The number of methoxy groups -OCH3 is 1. The van der Waals surface area contributed by atoms with Gasteiger partial charge in [-0.15, -0.1) is 0 Å². The molecule has 0 N–H and O–H groups in total. The first kappa shape index (κ1) is 13.4. The molecule has 0 bridgehead atoms. The zero-order valence-electron chi connectivity index (χ0n) is 11.2. The van der Waals surface area contributed by atoms with E-state index in [4.69, 9.17) is 4.74 Å². The maximum atomic E-state index is 5.52. The number of hydrogen-bond acceptors (Lipinski definition) is 1. The SMILES string of the molecule is CCC(C)Cc1c(OC)ccc2cc(Br)ccc12. The smallest absolute Gasteiger partial charge is 0.122 e. The zero-order valence-corrected chi connectivity index (χ0v) is 12.8. The minimum Gasteiger partial charge on any atom is -0.496 e. The van der Waals surface area contributed by atoms with Crippen LogP contribution in [0.3, 0.4) is 0 Å². The van der Waals surface area contributed by atoms with Gasteiger partial charge in [0.05, 0.1) is 7.11 Å². The van der Waals surface area contributed by atoms with Crippen LogP contribution in [0.5, 0.6) is 5.75 Å². The number of halogens is 1. The van der Waals surface area contributed by atoms with Crippen LogP contribution >= 0.6 is 15.9 Å². The van der Waals surface area contributed by atoms with Crippen LogP contribution in [0.4, 0.5) is 0 Å². The molecule has 0 aliphatic carbocycles. The van der Waals surface area contributed by atoms with Crippen LogP contribution in [0, 0.1) is 5.92 Å². The van der Waals surface area contributed by atoms with Gasteiger partial charge in [0.2, 0.25) is 0 Å². The summed E-state index contributed by atoms with van der Waals surface area (Å²) in [5.74, 6) is 1.68. The molecule has 0 spiro atoms. The van der Waals surface area contributed by atoms with Crippen LogP contribution in [0.1, 0.15) is 25.8 Å². The molecule has 0 saturated heterocycles. The quantitative estimate of drug-likeness (QED) is 0.754. The molecule has 0 aromatic heterocycles. The van der Waals surface area contributed by atoms with Gasteiger partial charge in [-0.3, -0.25) is 0 Å². The normalized spacial score (nSPS) is 12.7. The van der Waals surface area contributed by atoms with Crippen molar-refractivity contribution in [2.45, 2.75) is 26.7 Å². The van der Waals surface area contributed by atoms with E-state index < -0.39 is 0 Å². The Balaban J connectivity index is 2.57. The Hall–Kier alpha value is -1.02. The third-order valence-corrected chi connectivity index (χ3v) is 4.01. The van der Waals surface area contributed by atoms with Crippen molar-refractivity contribution < 1.29 is 4.74 Å². The van der Waals surface area contributed by atoms with Gasteiger partial charge < -0.3 is 4.74 Å². The molecule has 1 nitrogen and oxygen atoms in total. The summed E-state index contributed by atoms with van der Waals surface area (Å²) in [7, 11) is 1.75. The van der Waals surface area contributed by atoms with Gasteiger partial charge in [0.25, 0.3) is 0 Å². The molecule has 0 saturated carbocycles. The first-order chi connectivity index (χ1) is 8.65. The molecule has 0 heterocycles. The van der Waals surface area contributed by atoms with Gasteiger partial charge >= 0.3 is 0 Å². The van der Waals surface area contributed by atoms with Crippen LogP contribution in [0.15, 0.2) is 34.8 Å². The lowest BCUT2D eigenvalue weighted by Crippen LogP contribution is -2.01. The third-order valence-electron chi connectivity index (χ3n) is 3.52. The first-order valence-electron chi connectivity index (χ1n) is 6.40. The lowest BCUT2D eigenvalue weighted by Gasteiger charge is -2.15. The number of ether oxygens (including phenoxy) is 1. The highest BCUT2D eigenvalue weighted by Crippen LogP contribution is 2.32. The van der Waals surface area contributed by atoms with E-state index in [0.717, 1.165) is 16.6 Å². The van der Waals surface area contributed by atoms with Crippen LogP contribution in [-0.4, -0.2) is 7.11 Å². The van der Waals surface area contributed by atoms with Crippen LogP contribution in [-0.2, 0) is 6.42 Å². The summed E-state index contributed by atoms with van der Waals surface area (Å²) >= 11 is 3.53. The average Bonchev–Trinajstić information content (AvgIpc) is 2.38. The highest BCUT2D eigenvalue weighted by Gasteiger charge is 2.11. The zero-order chi connectivity index (χ0) is 13.1. The van der Waals surface area contributed by atoms with Crippen LogP contribution in [0.25, 0.3) is 10.8 Å². The Morgan fingerprint density at radius 2 is 2.00 bits per heavy atom. The van der Waals surface area contributed by atoms with E-state index in [1.807, 2.05) is 0 Å². The summed E-state index contributed by atoms with van der Waals surface area (Å²) in [4.78, 5) is 0. The fourth-order valence-electron chi connectivity index (χ4n) is 2.24. The van der Waals surface area contributed by atoms with Gasteiger partial charge in [-0.1, -0.05) is 48.3 Å². The predicted octanol–water partition coefficient (Wildman–Crippen LogP) is 5.20. The molecule has 2 heteroatoms. The van der Waals surface area contributed by atoms with Gasteiger partial charge in [0.1, 0.15) is 5.75 Å².